The fourth-order valence-electron chi connectivity index (χ4n) is 1.84. The van der Waals surface area contributed by atoms with Crippen LogP contribution in [0.2, 0.25) is 0 Å². The number of nitro groups is 1. The molecular formula is C12H13N5O3. The molecule has 104 valence electrons. The molecule has 0 bridgehead atoms. The summed E-state index contributed by atoms with van der Waals surface area (Å²) in [5.74, 6) is 0. The van der Waals surface area contributed by atoms with E-state index in [2.05, 4.69) is 15.6 Å². The maximum Gasteiger partial charge on any atom is 0.312 e. The zero-order valence-electron chi connectivity index (χ0n) is 10.5. The molecule has 0 aliphatic carbocycles. The molecule has 0 aliphatic heterocycles. The van der Waals surface area contributed by atoms with Crippen molar-refractivity contribution < 1.29 is 9.72 Å². The zero-order chi connectivity index (χ0) is 14.5. The summed E-state index contributed by atoms with van der Waals surface area (Å²) in [7, 11) is 0. The number of fused-ring (bicyclic) bond motifs is 1. The van der Waals surface area contributed by atoms with Crippen molar-refractivity contribution in [2.75, 3.05) is 18.4 Å². The van der Waals surface area contributed by atoms with Crippen LogP contribution in [0.5, 0.6) is 0 Å². The third kappa shape index (κ3) is 2.91. The minimum absolute atomic E-state index is 0.00825. The van der Waals surface area contributed by atoms with Gasteiger partial charge in [0.1, 0.15) is 5.52 Å². The van der Waals surface area contributed by atoms with Crippen LogP contribution in [0.1, 0.15) is 0 Å². The largest absolute Gasteiger partial charge is 0.382 e. The molecule has 1 heterocycles. The lowest BCUT2D eigenvalue weighted by Crippen LogP contribution is -2.33. The van der Waals surface area contributed by atoms with Crippen LogP contribution >= 0.6 is 0 Å². The molecule has 2 amide bonds. The Labute approximate surface area is 114 Å². The number of nitrogens with two attached hydrogens (primary N) is 1. The van der Waals surface area contributed by atoms with Crippen LogP contribution in [0.15, 0.2) is 30.5 Å². The van der Waals surface area contributed by atoms with Crippen LogP contribution < -0.4 is 16.4 Å². The lowest BCUT2D eigenvalue weighted by molar-refractivity contribution is -0.383. The number of carbonyl (C=O) groups excluding carboxylic acids is 1. The standard InChI is InChI=1S/C12H13N5O3/c13-12(18)16-7-6-14-9-3-4-10(17(19)20)8-2-1-5-15-11(8)9/h1-5,14H,6-7H2,(H3,13,16,18). The van der Waals surface area contributed by atoms with E-state index < -0.39 is 11.0 Å². The summed E-state index contributed by atoms with van der Waals surface area (Å²) in [6, 6.07) is 5.71. The Kier molecular flexibility index (Phi) is 3.94. The van der Waals surface area contributed by atoms with Crippen molar-refractivity contribution >= 4 is 28.3 Å². The first kappa shape index (κ1) is 13.5. The van der Waals surface area contributed by atoms with E-state index in [1.54, 1.807) is 24.4 Å². The van der Waals surface area contributed by atoms with E-state index in [1.165, 1.54) is 6.07 Å². The fraction of sp³-hybridized carbons (Fsp3) is 0.167. The molecule has 8 nitrogen and oxygen atoms in total. The minimum atomic E-state index is -0.599. The number of hydrogen-bond donors (Lipinski definition) is 3. The van der Waals surface area contributed by atoms with Gasteiger partial charge in [-0.05, 0) is 18.2 Å². The number of amides is 2. The summed E-state index contributed by atoms with van der Waals surface area (Å²) >= 11 is 0. The van der Waals surface area contributed by atoms with Gasteiger partial charge in [0.2, 0.25) is 0 Å². The van der Waals surface area contributed by atoms with Gasteiger partial charge in [0.05, 0.1) is 16.0 Å². The van der Waals surface area contributed by atoms with Crippen molar-refractivity contribution in [2.24, 2.45) is 5.73 Å². The summed E-state index contributed by atoms with van der Waals surface area (Å²) in [6.07, 6.45) is 1.57. The predicted molar refractivity (Wildman–Crippen MR) is 74.5 cm³/mol. The lowest BCUT2D eigenvalue weighted by Gasteiger charge is -2.09. The van der Waals surface area contributed by atoms with Gasteiger partial charge in [-0.3, -0.25) is 15.1 Å². The van der Waals surface area contributed by atoms with Gasteiger partial charge < -0.3 is 16.4 Å². The second-order valence-corrected chi connectivity index (χ2v) is 4.01. The average Bonchev–Trinajstić information content (AvgIpc) is 2.43. The first-order valence-corrected chi connectivity index (χ1v) is 5.89. The highest BCUT2D eigenvalue weighted by Crippen LogP contribution is 2.29. The van der Waals surface area contributed by atoms with Gasteiger partial charge in [-0.2, -0.15) is 0 Å². The number of rotatable bonds is 5. The van der Waals surface area contributed by atoms with Crippen LogP contribution in [0.4, 0.5) is 16.2 Å². The Balaban J connectivity index is 2.24. The minimum Gasteiger partial charge on any atom is -0.382 e. The Morgan fingerprint density at radius 3 is 2.85 bits per heavy atom. The number of nitrogens with zero attached hydrogens (tertiary/aromatic N) is 2. The van der Waals surface area contributed by atoms with E-state index in [0.29, 0.717) is 29.7 Å². The predicted octanol–water partition coefficient (Wildman–Crippen LogP) is 1.22. The molecule has 0 unspecified atom stereocenters. The first-order chi connectivity index (χ1) is 9.59. The summed E-state index contributed by atoms with van der Waals surface area (Å²) in [5.41, 5.74) is 6.14. The van der Waals surface area contributed by atoms with Gasteiger partial charge in [-0.1, -0.05) is 0 Å². The summed E-state index contributed by atoms with van der Waals surface area (Å²) < 4.78 is 0. The Morgan fingerprint density at radius 1 is 1.35 bits per heavy atom. The highest BCUT2D eigenvalue weighted by Gasteiger charge is 2.14. The number of nitro benzene ring substituents is 1. The number of anilines is 1. The van der Waals surface area contributed by atoms with Crippen LogP contribution in [0, 0.1) is 10.1 Å². The van der Waals surface area contributed by atoms with Crippen molar-refractivity contribution in [3.63, 3.8) is 0 Å². The summed E-state index contributed by atoms with van der Waals surface area (Å²) in [6.45, 7) is 0.785. The molecule has 20 heavy (non-hydrogen) atoms. The monoisotopic (exact) mass is 275 g/mol. The van der Waals surface area contributed by atoms with Gasteiger partial charge in [-0.15, -0.1) is 0 Å². The average molecular weight is 275 g/mol. The first-order valence-electron chi connectivity index (χ1n) is 5.89. The van der Waals surface area contributed by atoms with E-state index in [-0.39, 0.29) is 5.69 Å². The number of pyridine rings is 1. The number of aromatic nitrogens is 1. The molecule has 0 atom stereocenters. The third-order valence-corrected chi connectivity index (χ3v) is 2.68. The van der Waals surface area contributed by atoms with Crippen molar-refractivity contribution in [1.82, 2.24) is 10.3 Å². The molecule has 4 N–H and O–H groups in total. The molecular weight excluding hydrogens is 262 g/mol. The number of carbonyl (C=O) groups is 1. The fourth-order valence-corrected chi connectivity index (χ4v) is 1.84. The smallest absolute Gasteiger partial charge is 0.312 e. The van der Waals surface area contributed by atoms with Gasteiger partial charge >= 0.3 is 6.03 Å². The quantitative estimate of drug-likeness (QED) is 0.430. The molecule has 0 radical (unpaired) electrons. The van der Waals surface area contributed by atoms with Crippen molar-refractivity contribution in [3.8, 4) is 0 Å². The van der Waals surface area contributed by atoms with Gasteiger partial charge in [-0.25, -0.2) is 4.79 Å². The maximum absolute atomic E-state index is 11.0. The molecule has 1 aromatic heterocycles. The SMILES string of the molecule is NC(=O)NCCNc1ccc([N+](=O)[O-])c2cccnc12. The Hall–Kier alpha value is -2.90. The van der Waals surface area contributed by atoms with E-state index in [1.807, 2.05) is 0 Å². The van der Waals surface area contributed by atoms with Crippen LogP contribution in [-0.4, -0.2) is 29.0 Å². The highest BCUT2D eigenvalue weighted by atomic mass is 16.6. The van der Waals surface area contributed by atoms with E-state index in [9.17, 15) is 14.9 Å². The zero-order valence-corrected chi connectivity index (χ0v) is 10.5. The van der Waals surface area contributed by atoms with E-state index in [0.717, 1.165) is 0 Å². The van der Waals surface area contributed by atoms with Gasteiger partial charge in [0.25, 0.3) is 5.69 Å². The maximum atomic E-state index is 11.0. The number of nitrogens with one attached hydrogen (secondary N) is 2. The van der Waals surface area contributed by atoms with Crippen molar-refractivity contribution in [2.45, 2.75) is 0 Å². The molecule has 0 saturated carbocycles. The number of non-ortho nitro benzene ring substituents is 1. The normalized spacial score (nSPS) is 10.2. The molecule has 1 aromatic carbocycles. The van der Waals surface area contributed by atoms with E-state index >= 15 is 0 Å². The van der Waals surface area contributed by atoms with Gasteiger partial charge in [0, 0.05) is 25.4 Å². The number of benzene rings is 1. The number of urea groups is 1. The van der Waals surface area contributed by atoms with Crippen LogP contribution in [-0.2, 0) is 0 Å². The van der Waals surface area contributed by atoms with Crippen molar-refractivity contribution in [1.29, 1.82) is 0 Å². The molecule has 0 spiro atoms. The van der Waals surface area contributed by atoms with E-state index in [4.69, 9.17) is 5.73 Å². The summed E-state index contributed by atoms with van der Waals surface area (Å²) in [5, 5.41) is 16.9. The molecule has 2 aromatic rings. The third-order valence-electron chi connectivity index (χ3n) is 2.68. The molecule has 0 saturated heterocycles. The Bertz CT molecular complexity index is 659. The molecule has 0 aliphatic rings. The topological polar surface area (TPSA) is 123 Å². The number of primary amides is 1. The van der Waals surface area contributed by atoms with Crippen molar-refractivity contribution in [3.05, 3.63) is 40.6 Å². The molecule has 2 rings (SSSR count). The lowest BCUT2D eigenvalue weighted by atomic mass is 10.1. The Morgan fingerprint density at radius 2 is 2.15 bits per heavy atom. The molecule has 0 fully saturated rings. The molecule has 8 heteroatoms. The van der Waals surface area contributed by atoms with Crippen LogP contribution in [0.25, 0.3) is 10.9 Å². The second kappa shape index (κ2) is 5.83. The van der Waals surface area contributed by atoms with Gasteiger partial charge in [0.15, 0.2) is 0 Å². The number of hydrogen-bond acceptors (Lipinski definition) is 5. The second-order valence-electron chi connectivity index (χ2n) is 4.01. The highest BCUT2D eigenvalue weighted by molar-refractivity contribution is 5.96. The summed E-state index contributed by atoms with van der Waals surface area (Å²) in [4.78, 5) is 25.2. The van der Waals surface area contributed by atoms with Crippen LogP contribution in [0.3, 0.4) is 0 Å².